The number of carbonyl (C=O) groups is 1. The van der Waals surface area contributed by atoms with Crippen molar-refractivity contribution in [3.05, 3.63) is 34.2 Å². The van der Waals surface area contributed by atoms with Gasteiger partial charge in [0, 0.05) is 36.7 Å². The SMILES string of the molecule is CSCC(C)N(C)C(=O)c1cc[nH]c(=O)c1. The molecule has 0 spiro atoms. The van der Waals surface area contributed by atoms with Crippen LogP contribution in [0.15, 0.2) is 23.1 Å². The second-order valence-electron chi connectivity index (χ2n) is 3.66. The minimum Gasteiger partial charge on any atom is -0.338 e. The highest BCUT2D eigenvalue weighted by atomic mass is 32.2. The molecule has 0 fully saturated rings. The maximum absolute atomic E-state index is 12.0. The number of H-pyrrole nitrogens is 1. The van der Waals surface area contributed by atoms with Gasteiger partial charge in [0.15, 0.2) is 0 Å². The van der Waals surface area contributed by atoms with Gasteiger partial charge in [-0.3, -0.25) is 9.59 Å². The van der Waals surface area contributed by atoms with Crippen LogP contribution in [0.5, 0.6) is 0 Å². The standard InChI is InChI=1S/C11H16N2O2S/c1-8(7-16-3)13(2)11(15)9-4-5-12-10(14)6-9/h4-6,8H,7H2,1-3H3,(H,12,14). The van der Waals surface area contributed by atoms with E-state index in [1.54, 1.807) is 29.8 Å². The molecule has 1 rings (SSSR count). The molecular weight excluding hydrogens is 224 g/mol. The summed E-state index contributed by atoms with van der Waals surface area (Å²) in [5.41, 5.74) is 0.177. The molecule has 0 saturated carbocycles. The highest BCUT2D eigenvalue weighted by Crippen LogP contribution is 2.07. The topological polar surface area (TPSA) is 53.2 Å². The van der Waals surface area contributed by atoms with Crippen molar-refractivity contribution in [3.8, 4) is 0 Å². The van der Waals surface area contributed by atoms with Gasteiger partial charge >= 0.3 is 0 Å². The molecule has 1 heterocycles. The second kappa shape index (κ2) is 5.75. The number of aromatic amines is 1. The fourth-order valence-corrected chi connectivity index (χ4v) is 2.04. The monoisotopic (exact) mass is 240 g/mol. The van der Waals surface area contributed by atoms with Crippen molar-refractivity contribution in [2.75, 3.05) is 19.1 Å². The number of hydrogen-bond donors (Lipinski definition) is 1. The smallest absolute Gasteiger partial charge is 0.254 e. The van der Waals surface area contributed by atoms with Gasteiger partial charge in [-0.25, -0.2) is 0 Å². The molecule has 16 heavy (non-hydrogen) atoms. The predicted molar refractivity (Wildman–Crippen MR) is 67.0 cm³/mol. The normalized spacial score (nSPS) is 12.2. The average Bonchev–Trinajstić information content (AvgIpc) is 2.27. The van der Waals surface area contributed by atoms with Crippen LogP contribution >= 0.6 is 11.8 Å². The Morgan fingerprint density at radius 1 is 1.62 bits per heavy atom. The van der Waals surface area contributed by atoms with E-state index in [0.717, 1.165) is 5.75 Å². The Kier molecular flexibility index (Phi) is 4.61. The maximum atomic E-state index is 12.0. The molecular formula is C11H16N2O2S. The van der Waals surface area contributed by atoms with E-state index < -0.39 is 0 Å². The number of carbonyl (C=O) groups excluding carboxylic acids is 1. The number of pyridine rings is 1. The fourth-order valence-electron chi connectivity index (χ4n) is 1.33. The number of nitrogens with one attached hydrogen (secondary N) is 1. The number of aromatic nitrogens is 1. The maximum Gasteiger partial charge on any atom is 0.254 e. The van der Waals surface area contributed by atoms with Crippen molar-refractivity contribution in [1.82, 2.24) is 9.88 Å². The molecule has 0 aliphatic carbocycles. The first-order chi connectivity index (χ1) is 7.56. The van der Waals surface area contributed by atoms with Crippen LogP contribution in [0.2, 0.25) is 0 Å². The summed E-state index contributed by atoms with van der Waals surface area (Å²) in [4.78, 5) is 27.2. The van der Waals surface area contributed by atoms with Crippen LogP contribution in [-0.4, -0.2) is 40.9 Å². The summed E-state index contributed by atoms with van der Waals surface area (Å²) in [6.07, 6.45) is 3.49. The summed E-state index contributed by atoms with van der Waals surface area (Å²) in [6, 6.07) is 3.10. The summed E-state index contributed by atoms with van der Waals surface area (Å²) >= 11 is 1.69. The number of rotatable bonds is 4. The van der Waals surface area contributed by atoms with Crippen LogP contribution in [0.3, 0.4) is 0 Å². The molecule has 88 valence electrons. The van der Waals surface area contributed by atoms with Crippen molar-refractivity contribution in [2.45, 2.75) is 13.0 Å². The molecule has 4 nitrogen and oxygen atoms in total. The highest BCUT2D eigenvalue weighted by Gasteiger charge is 2.16. The first kappa shape index (κ1) is 12.8. The molecule has 0 saturated heterocycles. The first-order valence-corrected chi connectivity index (χ1v) is 6.40. The lowest BCUT2D eigenvalue weighted by molar-refractivity contribution is 0.0757. The molecule has 1 aromatic rings. The summed E-state index contributed by atoms with van der Waals surface area (Å²) in [5, 5.41) is 0. The summed E-state index contributed by atoms with van der Waals surface area (Å²) < 4.78 is 0. The molecule has 0 aliphatic rings. The zero-order valence-corrected chi connectivity index (χ0v) is 10.5. The number of amides is 1. The minimum absolute atomic E-state index is 0.118. The third-order valence-corrected chi connectivity index (χ3v) is 3.23. The van der Waals surface area contributed by atoms with Gasteiger partial charge in [0.25, 0.3) is 5.91 Å². The first-order valence-electron chi connectivity index (χ1n) is 5.01. The van der Waals surface area contributed by atoms with E-state index in [2.05, 4.69) is 4.98 Å². The van der Waals surface area contributed by atoms with Crippen LogP contribution in [0.1, 0.15) is 17.3 Å². The van der Waals surface area contributed by atoms with Crippen molar-refractivity contribution < 1.29 is 4.79 Å². The third-order valence-electron chi connectivity index (χ3n) is 2.41. The van der Waals surface area contributed by atoms with E-state index in [0.29, 0.717) is 5.56 Å². The van der Waals surface area contributed by atoms with E-state index in [9.17, 15) is 9.59 Å². The van der Waals surface area contributed by atoms with Gasteiger partial charge < -0.3 is 9.88 Å². The summed E-state index contributed by atoms with van der Waals surface area (Å²) in [6.45, 7) is 1.99. The molecule has 1 aromatic heterocycles. The third kappa shape index (κ3) is 3.13. The Balaban J connectivity index is 2.81. The lowest BCUT2D eigenvalue weighted by Crippen LogP contribution is -2.37. The molecule has 1 unspecified atom stereocenters. The number of thioether (sulfide) groups is 1. The lowest BCUT2D eigenvalue weighted by atomic mass is 10.2. The minimum atomic E-state index is -0.253. The Hall–Kier alpha value is -1.23. The number of nitrogens with zero attached hydrogens (tertiary/aromatic N) is 1. The zero-order valence-electron chi connectivity index (χ0n) is 9.69. The van der Waals surface area contributed by atoms with Crippen LogP contribution in [-0.2, 0) is 0 Å². The van der Waals surface area contributed by atoms with Gasteiger partial charge in [-0.15, -0.1) is 0 Å². The van der Waals surface area contributed by atoms with Crippen LogP contribution in [0, 0.1) is 0 Å². The number of hydrogen-bond acceptors (Lipinski definition) is 3. The Morgan fingerprint density at radius 3 is 2.88 bits per heavy atom. The van der Waals surface area contributed by atoms with Crippen LogP contribution < -0.4 is 5.56 Å². The highest BCUT2D eigenvalue weighted by molar-refractivity contribution is 7.98. The van der Waals surface area contributed by atoms with E-state index in [-0.39, 0.29) is 17.5 Å². The summed E-state index contributed by atoms with van der Waals surface area (Å²) in [7, 11) is 1.75. The second-order valence-corrected chi connectivity index (χ2v) is 4.57. The van der Waals surface area contributed by atoms with Crippen LogP contribution in [0.4, 0.5) is 0 Å². The van der Waals surface area contributed by atoms with Crippen molar-refractivity contribution in [2.24, 2.45) is 0 Å². The van der Waals surface area contributed by atoms with Gasteiger partial charge in [0.2, 0.25) is 5.56 Å². The predicted octanol–water partition coefficient (Wildman–Crippen LogP) is 1.20. The average molecular weight is 240 g/mol. The largest absolute Gasteiger partial charge is 0.338 e. The van der Waals surface area contributed by atoms with E-state index in [1.165, 1.54) is 12.3 Å². The van der Waals surface area contributed by atoms with E-state index in [4.69, 9.17) is 0 Å². The molecule has 0 radical (unpaired) electrons. The van der Waals surface area contributed by atoms with Gasteiger partial charge in [0.05, 0.1) is 0 Å². The molecule has 5 heteroatoms. The summed E-state index contributed by atoms with van der Waals surface area (Å²) in [5.74, 6) is 0.762. The molecule has 0 aliphatic heterocycles. The van der Waals surface area contributed by atoms with Gasteiger partial charge in [-0.05, 0) is 19.2 Å². The Morgan fingerprint density at radius 2 is 2.31 bits per heavy atom. The molecule has 0 aromatic carbocycles. The van der Waals surface area contributed by atoms with Crippen molar-refractivity contribution in [1.29, 1.82) is 0 Å². The van der Waals surface area contributed by atoms with Crippen molar-refractivity contribution >= 4 is 17.7 Å². The molecule has 1 N–H and O–H groups in total. The van der Waals surface area contributed by atoms with Gasteiger partial charge in [-0.1, -0.05) is 0 Å². The Bertz CT molecular complexity index is 416. The van der Waals surface area contributed by atoms with Crippen molar-refractivity contribution in [3.63, 3.8) is 0 Å². The molecule has 1 atom stereocenters. The zero-order chi connectivity index (χ0) is 12.1. The van der Waals surface area contributed by atoms with E-state index in [1.807, 2.05) is 13.2 Å². The Labute approximate surface area is 99.0 Å². The van der Waals surface area contributed by atoms with Gasteiger partial charge in [0.1, 0.15) is 0 Å². The van der Waals surface area contributed by atoms with E-state index >= 15 is 0 Å². The lowest BCUT2D eigenvalue weighted by Gasteiger charge is -2.24. The van der Waals surface area contributed by atoms with Gasteiger partial charge in [-0.2, -0.15) is 11.8 Å². The molecule has 1 amide bonds. The quantitative estimate of drug-likeness (QED) is 0.860. The van der Waals surface area contributed by atoms with Crippen LogP contribution in [0.25, 0.3) is 0 Å². The molecule has 0 bridgehead atoms. The fraction of sp³-hybridized carbons (Fsp3) is 0.455.